The molecule has 1 atom stereocenters. The van der Waals surface area contributed by atoms with E-state index in [1.807, 2.05) is 19.2 Å². The summed E-state index contributed by atoms with van der Waals surface area (Å²) in [4.78, 5) is 6.47. The Balaban J connectivity index is 2.46. The fraction of sp³-hybridized carbons (Fsp3) is 0.643. The van der Waals surface area contributed by atoms with Gasteiger partial charge in [0.15, 0.2) is 0 Å². The molecule has 0 saturated carbocycles. The number of nitrogen functional groups attached to an aromatic ring is 1. The fourth-order valence-electron chi connectivity index (χ4n) is 2.13. The van der Waals surface area contributed by atoms with Gasteiger partial charge in [-0.3, -0.25) is 0 Å². The van der Waals surface area contributed by atoms with E-state index < -0.39 is 0 Å². The molecule has 0 aliphatic rings. The molecule has 4 heteroatoms. The summed E-state index contributed by atoms with van der Waals surface area (Å²) in [6.45, 7) is 7.80. The topological polar surface area (TPSA) is 54.2 Å². The molecule has 0 aliphatic carbocycles. The average molecular weight is 250 g/mol. The largest absolute Gasteiger partial charge is 0.384 e. The molecule has 0 radical (unpaired) electrons. The van der Waals surface area contributed by atoms with Crippen molar-refractivity contribution in [2.24, 2.45) is 0 Å². The first-order valence-corrected chi connectivity index (χ1v) is 6.79. The second-order valence-corrected chi connectivity index (χ2v) is 4.59. The lowest BCUT2D eigenvalue weighted by Crippen LogP contribution is -2.33. The van der Waals surface area contributed by atoms with E-state index in [1.165, 1.54) is 5.56 Å². The first-order chi connectivity index (χ1) is 8.69. The number of rotatable bonds is 8. The molecular weight excluding hydrogens is 224 g/mol. The van der Waals surface area contributed by atoms with Gasteiger partial charge in [0.25, 0.3) is 0 Å². The number of hydrogen-bond donors (Lipinski definition) is 2. The highest BCUT2D eigenvalue weighted by atomic mass is 15.1. The van der Waals surface area contributed by atoms with Gasteiger partial charge in [0.05, 0.1) is 0 Å². The predicted octanol–water partition coefficient (Wildman–Crippen LogP) is 1.53. The van der Waals surface area contributed by atoms with Crippen molar-refractivity contribution in [3.63, 3.8) is 0 Å². The van der Waals surface area contributed by atoms with E-state index in [2.05, 4.69) is 29.0 Å². The summed E-state index contributed by atoms with van der Waals surface area (Å²) in [5, 5.41) is 3.39. The van der Waals surface area contributed by atoms with Crippen LogP contribution in [0.5, 0.6) is 0 Å². The molecule has 1 aromatic rings. The standard InChI is InChI=1S/C14H26N4/c1-4-18(5-2)9-7-13(16-3)10-12-6-8-17-14(15)11-12/h6,8,11,13,16H,4-5,7,9-10H2,1-3H3,(H2,15,17). The van der Waals surface area contributed by atoms with Gasteiger partial charge in [-0.2, -0.15) is 0 Å². The normalized spacial score (nSPS) is 12.9. The maximum absolute atomic E-state index is 5.70. The second kappa shape index (κ2) is 8.06. The van der Waals surface area contributed by atoms with Crippen LogP contribution in [0, 0.1) is 0 Å². The van der Waals surface area contributed by atoms with Crippen LogP contribution in [0.15, 0.2) is 18.3 Å². The Morgan fingerprint density at radius 1 is 1.39 bits per heavy atom. The number of nitrogens with one attached hydrogen (secondary N) is 1. The van der Waals surface area contributed by atoms with Gasteiger partial charge in [-0.1, -0.05) is 13.8 Å². The van der Waals surface area contributed by atoms with Crippen molar-refractivity contribution in [2.75, 3.05) is 32.4 Å². The highest BCUT2D eigenvalue weighted by Gasteiger charge is 2.09. The quantitative estimate of drug-likeness (QED) is 0.734. The minimum absolute atomic E-state index is 0.493. The van der Waals surface area contributed by atoms with Crippen LogP contribution >= 0.6 is 0 Å². The number of aromatic nitrogens is 1. The molecule has 0 aromatic carbocycles. The fourth-order valence-corrected chi connectivity index (χ4v) is 2.13. The Kier molecular flexibility index (Phi) is 6.68. The lowest BCUT2D eigenvalue weighted by Gasteiger charge is -2.22. The summed E-state index contributed by atoms with van der Waals surface area (Å²) in [7, 11) is 2.03. The van der Waals surface area contributed by atoms with Gasteiger partial charge in [0, 0.05) is 12.2 Å². The maximum Gasteiger partial charge on any atom is 0.123 e. The smallest absolute Gasteiger partial charge is 0.123 e. The molecule has 0 amide bonds. The Hall–Kier alpha value is -1.13. The van der Waals surface area contributed by atoms with Crippen molar-refractivity contribution in [3.05, 3.63) is 23.9 Å². The van der Waals surface area contributed by atoms with Crippen LogP contribution in [0.3, 0.4) is 0 Å². The summed E-state index contributed by atoms with van der Waals surface area (Å²) in [6.07, 6.45) is 3.94. The van der Waals surface area contributed by atoms with Gasteiger partial charge in [-0.15, -0.1) is 0 Å². The lowest BCUT2D eigenvalue weighted by atomic mass is 10.0. The molecule has 102 valence electrons. The van der Waals surface area contributed by atoms with Crippen molar-refractivity contribution in [3.8, 4) is 0 Å². The summed E-state index contributed by atoms with van der Waals surface area (Å²) in [5.74, 6) is 0.603. The number of nitrogens with zero attached hydrogens (tertiary/aromatic N) is 2. The molecule has 3 N–H and O–H groups in total. The molecule has 0 saturated heterocycles. The van der Waals surface area contributed by atoms with Crippen LogP contribution in [-0.4, -0.2) is 42.6 Å². The Bertz CT molecular complexity index is 336. The molecule has 1 aromatic heterocycles. The summed E-state index contributed by atoms with van der Waals surface area (Å²) in [5.41, 5.74) is 6.95. The molecule has 0 bridgehead atoms. The van der Waals surface area contributed by atoms with Gasteiger partial charge < -0.3 is 16.0 Å². The molecule has 18 heavy (non-hydrogen) atoms. The average Bonchev–Trinajstić information content (AvgIpc) is 2.38. The van der Waals surface area contributed by atoms with Crippen molar-refractivity contribution >= 4 is 5.82 Å². The van der Waals surface area contributed by atoms with E-state index in [1.54, 1.807) is 6.20 Å². The summed E-state index contributed by atoms with van der Waals surface area (Å²) >= 11 is 0. The molecular formula is C14H26N4. The van der Waals surface area contributed by atoms with Crippen molar-refractivity contribution in [1.29, 1.82) is 0 Å². The summed E-state index contributed by atoms with van der Waals surface area (Å²) in [6, 6.07) is 4.49. The molecule has 4 nitrogen and oxygen atoms in total. The Morgan fingerprint density at radius 3 is 2.67 bits per heavy atom. The zero-order valence-corrected chi connectivity index (χ0v) is 11.8. The predicted molar refractivity (Wildman–Crippen MR) is 77.6 cm³/mol. The molecule has 0 aliphatic heterocycles. The monoisotopic (exact) mass is 250 g/mol. The first kappa shape index (κ1) is 14.9. The zero-order chi connectivity index (χ0) is 13.4. The number of pyridine rings is 1. The van der Waals surface area contributed by atoms with Crippen molar-refractivity contribution < 1.29 is 0 Å². The van der Waals surface area contributed by atoms with Gasteiger partial charge in [-0.05, 0) is 57.2 Å². The molecule has 1 unspecified atom stereocenters. The minimum Gasteiger partial charge on any atom is -0.384 e. The second-order valence-electron chi connectivity index (χ2n) is 4.59. The van der Waals surface area contributed by atoms with E-state index in [4.69, 9.17) is 5.73 Å². The Morgan fingerprint density at radius 2 is 2.11 bits per heavy atom. The highest BCUT2D eigenvalue weighted by Crippen LogP contribution is 2.08. The van der Waals surface area contributed by atoms with Crippen molar-refractivity contribution in [1.82, 2.24) is 15.2 Å². The molecule has 1 heterocycles. The number of hydrogen-bond acceptors (Lipinski definition) is 4. The number of likely N-dealkylation sites (N-methyl/N-ethyl adjacent to an activating group) is 1. The lowest BCUT2D eigenvalue weighted by molar-refractivity contribution is 0.283. The number of anilines is 1. The third kappa shape index (κ3) is 5.02. The van der Waals surface area contributed by atoms with Crippen LogP contribution in [0.2, 0.25) is 0 Å². The van der Waals surface area contributed by atoms with E-state index in [9.17, 15) is 0 Å². The number of nitrogens with two attached hydrogens (primary N) is 1. The van der Waals surface area contributed by atoms with Crippen molar-refractivity contribution in [2.45, 2.75) is 32.7 Å². The van der Waals surface area contributed by atoms with Gasteiger partial charge >= 0.3 is 0 Å². The van der Waals surface area contributed by atoms with Crippen LogP contribution in [0.25, 0.3) is 0 Å². The Labute approximate surface area is 111 Å². The SMILES string of the molecule is CCN(CC)CCC(Cc1ccnc(N)c1)NC. The maximum atomic E-state index is 5.70. The van der Waals surface area contributed by atoms with E-state index in [-0.39, 0.29) is 0 Å². The van der Waals surface area contributed by atoms with Gasteiger partial charge in [-0.25, -0.2) is 4.98 Å². The van der Waals surface area contributed by atoms with Crippen LogP contribution in [0.1, 0.15) is 25.8 Å². The van der Waals surface area contributed by atoms with E-state index in [0.717, 1.165) is 32.5 Å². The molecule has 0 spiro atoms. The van der Waals surface area contributed by atoms with E-state index >= 15 is 0 Å². The molecule has 1 rings (SSSR count). The van der Waals surface area contributed by atoms with Crippen LogP contribution in [0.4, 0.5) is 5.82 Å². The third-order valence-electron chi connectivity index (χ3n) is 3.42. The van der Waals surface area contributed by atoms with Gasteiger partial charge in [0.2, 0.25) is 0 Å². The van der Waals surface area contributed by atoms with E-state index in [0.29, 0.717) is 11.9 Å². The van der Waals surface area contributed by atoms with Crippen LogP contribution in [-0.2, 0) is 6.42 Å². The van der Waals surface area contributed by atoms with Crippen LogP contribution < -0.4 is 11.1 Å². The first-order valence-electron chi connectivity index (χ1n) is 6.79. The van der Waals surface area contributed by atoms with Gasteiger partial charge in [0.1, 0.15) is 5.82 Å². The molecule has 0 fully saturated rings. The zero-order valence-electron chi connectivity index (χ0n) is 11.8. The highest BCUT2D eigenvalue weighted by molar-refractivity contribution is 5.32. The summed E-state index contributed by atoms with van der Waals surface area (Å²) < 4.78 is 0. The minimum atomic E-state index is 0.493. The third-order valence-corrected chi connectivity index (χ3v) is 3.42.